The molecule has 2 saturated heterocycles. The van der Waals surface area contributed by atoms with Crippen LogP contribution in [0.25, 0.3) is 0 Å². The van der Waals surface area contributed by atoms with Crippen LogP contribution in [0.5, 0.6) is 0 Å². The number of carbonyl (C=O) groups excluding carboxylic acids is 2. The fourth-order valence-electron chi connectivity index (χ4n) is 3.16. The predicted octanol–water partition coefficient (Wildman–Crippen LogP) is 1.42. The molecule has 0 spiro atoms. The number of nitrogens with zero attached hydrogens (tertiary/aromatic N) is 2. The second kappa shape index (κ2) is 6.85. The molecule has 5 nitrogen and oxygen atoms in total. The molecule has 2 aliphatic rings. The number of rotatable bonds is 3. The normalized spacial score (nSPS) is 27.0. The zero-order valence-corrected chi connectivity index (χ0v) is 12.6. The molecule has 0 aromatic rings. The monoisotopic (exact) mass is 322 g/mol. The Morgan fingerprint density at radius 1 is 1.18 bits per heavy atom. The van der Waals surface area contributed by atoms with Crippen molar-refractivity contribution < 1.29 is 27.5 Å². The highest BCUT2D eigenvalue weighted by molar-refractivity contribution is 5.81. The number of esters is 1. The van der Waals surface area contributed by atoms with Crippen molar-refractivity contribution in [1.82, 2.24) is 9.80 Å². The van der Waals surface area contributed by atoms with Gasteiger partial charge in [-0.25, -0.2) is 0 Å². The van der Waals surface area contributed by atoms with Gasteiger partial charge in [0.25, 0.3) is 0 Å². The zero-order valence-electron chi connectivity index (χ0n) is 12.6. The Hall–Kier alpha value is -1.31. The Labute approximate surface area is 127 Å². The smallest absolute Gasteiger partial charge is 0.393 e. The van der Waals surface area contributed by atoms with Crippen LogP contribution in [-0.2, 0) is 14.3 Å². The molecule has 0 aliphatic carbocycles. The van der Waals surface area contributed by atoms with Gasteiger partial charge in [-0.3, -0.25) is 14.5 Å². The van der Waals surface area contributed by atoms with Crippen LogP contribution in [0.2, 0.25) is 0 Å². The van der Waals surface area contributed by atoms with Gasteiger partial charge in [0.05, 0.1) is 19.6 Å². The third-order valence-corrected chi connectivity index (χ3v) is 4.41. The number of hydrogen-bond donors (Lipinski definition) is 0. The van der Waals surface area contributed by atoms with Gasteiger partial charge in [0, 0.05) is 13.1 Å². The van der Waals surface area contributed by atoms with Crippen LogP contribution >= 0.6 is 0 Å². The Bertz CT molecular complexity index is 428. The first kappa shape index (κ1) is 17.1. The van der Waals surface area contributed by atoms with E-state index in [-0.39, 0.29) is 25.4 Å². The number of hydrogen-bond acceptors (Lipinski definition) is 4. The molecule has 2 fully saturated rings. The van der Waals surface area contributed by atoms with Crippen molar-refractivity contribution in [2.75, 3.05) is 33.3 Å². The lowest BCUT2D eigenvalue weighted by atomic mass is 9.97. The summed E-state index contributed by atoms with van der Waals surface area (Å²) >= 11 is 0. The summed E-state index contributed by atoms with van der Waals surface area (Å²) in [6.07, 6.45) is -2.44. The maximum atomic E-state index is 12.8. The van der Waals surface area contributed by atoms with Crippen LogP contribution in [0.15, 0.2) is 0 Å². The van der Waals surface area contributed by atoms with Crippen LogP contribution < -0.4 is 0 Å². The van der Waals surface area contributed by atoms with E-state index in [1.54, 1.807) is 4.90 Å². The van der Waals surface area contributed by atoms with E-state index in [4.69, 9.17) is 4.74 Å². The van der Waals surface area contributed by atoms with E-state index in [0.29, 0.717) is 25.9 Å². The Kier molecular flexibility index (Phi) is 5.31. The Balaban J connectivity index is 1.93. The minimum Gasteiger partial charge on any atom is -0.468 e. The SMILES string of the molecule is COC(=O)[C@H]1CCCN1CC(=O)N1CCC[C@@H](C(F)(F)F)C1. The lowest BCUT2D eigenvalue weighted by molar-refractivity contribution is -0.188. The number of ether oxygens (including phenoxy) is 1. The highest BCUT2D eigenvalue weighted by Crippen LogP contribution is 2.33. The molecular weight excluding hydrogens is 301 g/mol. The fourth-order valence-corrected chi connectivity index (χ4v) is 3.16. The van der Waals surface area contributed by atoms with E-state index in [1.807, 2.05) is 0 Å². The number of amides is 1. The van der Waals surface area contributed by atoms with Crippen LogP contribution in [-0.4, -0.2) is 67.2 Å². The van der Waals surface area contributed by atoms with E-state index in [2.05, 4.69) is 0 Å². The van der Waals surface area contributed by atoms with E-state index in [9.17, 15) is 22.8 Å². The minimum atomic E-state index is -4.26. The standard InChI is InChI=1S/C14H21F3N2O3/c1-22-13(21)11-5-3-6-18(11)9-12(20)19-7-2-4-10(8-19)14(15,16)17/h10-11H,2-9H2,1H3/t10-,11-/m1/s1. The van der Waals surface area contributed by atoms with Crippen LogP contribution in [0.3, 0.4) is 0 Å². The molecule has 0 N–H and O–H groups in total. The first-order valence-electron chi connectivity index (χ1n) is 7.49. The van der Waals surface area contributed by atoms with Crippen molar-refractivity contribution in [1.29, 1.82) is 0 Å². The zero-order chi connectivity index (χ0) is 16.3. The molecule has 8 heteroatoms. The van der Waals surface area contributed by atoms with Gasteiger partial charge in [0.2, 0.25) is 5.91 Å². The molecule has 0 aromatic heterocycles. The van der Waals surface area contributed by atoms with E-state index < -0.39 is 24.1 Å². The van der Waals surface area contributed by atoms with Crippen molar-refractivity contribution in [3.05, 3.63) is 0 Å². The van der Waals surface area contributed by atoms with Gasteiger partial charge in [-0.05, 0) is 32.2 Å². The third kappa shape index (κ3) is 3.91. The van der Waals surface area contributed by atoms with Crippen molar-refractivity contribution in [2.24, 2.45) is 5.92 Å². The highest BCUT2D eigenvalue weighted by Gasteiger charge is 2.43. The lowest BCUT2D eigenvalue weighted by Crippen LogP contribution is -2.49. The molecule has 2 rings (SSSR count). The summed E-state index contributed by atoms with van der Waals surface area (Å²) in [6.45, 7) is 0.633. The van der Waals surface area contributed by atoms with Crippen LogP contribution in [0.4, 0.5) is 13.2 Å². The number of likely N-dealkylation sites (tertiary alicyclic amines) is 2. The quantitative estimate of drug-likeness (QED) is 0.738. The van der Waals surface area contributed by atoms with Gasteiger partial charge in [-0.1, -0.05) is 0 Å². The molecule has 2 aliphatic heterocycles. The summed E-state index contributed by atoms with van der Waals surface area (Å²) in [6, 6.07) is -0.461. The van der Waals surface area contributed by atoms with Crippen LogP contribution in [0, 0.1) is 5.92 Å². The molecule has 0 saturated carbocycles. The lowest BCUT2D eigenvalue weighted by Gasteiger charge is -2.35. The molecule has 1 amide bonds. The van der Waals surface area contributed by atoms with E-state index in [1.165, 1.54) is 12.0 Å². The minimum absolute atomic E-state index is 0.0235. The molecule has 0 radical (unpaired) electrons. The maximum absolute atomic E-state index is 12.8. The third-order valence-electron chi connectivity index (χ3n) is 4.41. The van der Waals surface area contributed by atoms with Crippen molar-refractivity contribution in [2.45, 2.75) is 37.9 Å². The van der Waals surface area contributed by atoms with E-state index >= 15 is 0 Å². The van der Waals surface area contributed by atoms with Gasteiger partial charge in [-0.2, -0.15) is 13.2 Å². The predicted molar refractivity (Wildman–Crippen MR) is 72.0 cm³/mol. The molecule has 126 valence electrons. The van der Waals surface area contributed by atoms with Crippen molar-refractivity contribution in [3.63, 3.8) is 0 Å². The van der Waals surface area contributed by atoms with Crippen molar-refractivity contribution >= 4 is 11.9 Å². The molecule has 2 heterocycles. The summed E-state index contributed by atoms with van der Waals surface area (Å²) in [5, 5.41) is 0. The van der Waals surface area contributed by atoms with Gasteiger partial charge < -0.3 is 9.64 Å². The number of alkyl halides is 3. The highest BCUT2D eigenvalue weighted by atomic mass is 19.4. The molecule has 2 atom stereocenters. The Morgan fingerprint density at radius 3 is 2.50 bits per heavy atom. The molecule has 22 heavy (non-hydrogen) atoms. The number of methoxy groups -OCH3 is 1. The number of piperidine rings is 1. The second-order valence-corrected chi connectivity index (χ2v) is 5.87. The number of carbonyl (C=O) groups is 2. The summed E-state index contributed by atoms with van der Waals surface area (Å²) in [5.74, 6) is -2.18. The molecule has 0 unspecified atom stereocenters. The summed E-state index contributed by atoms with van der Waals surface area (Å²) < 4.78 is 43.1. The molecule has 0 aromatic carbocycles. The summed E-state index contributed by atoms with van der Waals surface area (Å²) in [5.41, 5.74) is 0. The van der Waals surface area contributed by atoms with Crippen LogP contribution in [0.1, 0.15) is 25.7 Å². The molecular formula is C14H21F3N2O3. The first-order chi connectivity index (χ1) is 10.3. The molecule has 0 bridgehead atoms. The topological polar surface area (TPSA) is 49.9 Å². The van der Waals surface area contributed by atoms with Gasteiger partial charge in [-0.15, -0.1) is 0 Å². The van der Waals surface area contributed by atoms with Gasteiger partial charge >= 0.3 is 12.1 Å². The average Bonchev–Trinajstić information content (AvgIpc) is 2.93. The maximum Gasteiger partial charge on any atom is 0.393 e. The fraction of sp³-hybridized carbons (Fsp3) is 0.857. The first-order valence-corrected chi connectivity index (χ1v) is 7.49. The largest absolute Gasteiger partial charge is 0.468 e. The van der Waals surface area contributed by atoms with Gasteiger partial charge in [0.15, 0.2) is 0 Å². The van der Waals surface area contributed by atoms with Gasteiger partial charge in [0.1, 0.15) is 6.04 Å². The number of halogens is 3. The Morgan fingerprint density at radius 2 is 1.86 bits per heavy atom. The summed E-state index contributed by atoms with van der Waals surface area (Å²) in [4.78, 5) is 26.8. The second-order valence-electron chi connectivity index (χ2n) is 5.87. The van der Waals surface area contributed by atoms with E-state index in [0.717, 1.165) is 6.42 Å². The summed E-state index contributed by atoms with van der Waals surface area (Å²) in [7, 11) is 1.29. The van der Waals surface area contributed by atoms with Crippen molar-refractivity contribution in [3.8, 4) is 0 Å². The average molecular weight is 322 g/mol.